The molecular weight excluding hydrogens is 548 g/mol. The van der Waals surface area contributed by atoms with Gasteiger partial charge in [-0.3, -0.25) is 14.4 Å². The average molecular weight is 583 g/mol. The Morgan fingerprint density at radius 1 is 0.769 bits per heavy atom. The van der Waals surface area contributed by atoms with Gasteiger partial charge in [-0.15, -0.1) is 0 Å². The molecule has 0 aromatic heterocycles. The van der Waals surface area contributed by atoms with Gasteiger partial charge >= 0.3 is 17.9 Å². The molecule has 1 aromatic rings. The predicted molar refractivity (Wildman–Crippen MR) is 149 cm³/mol. The molecule has 0 atom stereocenters. The van der Waals surface area contributed by atoms with Crippen LogP contribution in [0.25, 0.3) is 0 Å². The van der Waals surface area contributed by atoms with Crippen LogP contribution in [-0.4, -0.2) is 68.0 Å². The molecule has 0 radical (unpaired) electrons. The smallest absolute Gasteiger partial charge is 0.330 e. The molecule has 1 aromatic carbocycles. The fourth-order valence-corrected chi connectivity index (χ4v) is 3.90. The molecule has 0 fully saturated rings. The Hall–Kier alpha value is -3.22. The quantitative estimate of drug-likeness (QED) is 0.0821. The van der Waals surface area contributed by atoms with E-state index in [1.54, 1.807) is 7.11 Å². The highest BCUT2D eigenvalue weighted by Crippen LogP contribution is 2.20. The van der Waals surface area contributed by atoms with Gasteiger partial charge in [0.05, 0.1) is 13.0 Å². The highest BCUT2D eigenvalue weighted by molar-refractivity contribution is 8.13. The number of hydrogen-bond acceptors (Lipinski definition) is 12. The van der Waals surface area contributed by atoms with Gasteiger partial charge in [0.2, 0.25) is 0 Å². The van der Waals surface area contributed by atoms with E-state index in [9.17, 15) is 28.8 Å². The van der Waals surface area contributed by atoms with Crippen molar-refractivity contribution in [3.05, 3.63) is 60.7 Å². The Morgan fingerprint density at radius 3 is 1.79 bits per heavy atom. The molecule has 0 saturated carbocycles. The van der Waals surface area contributed by atoms with Gasteiger partial charge in [-0.25, -0.2) is 9.59 Å². The minimum Gasteiger partial charge on any atom is -0.462 e. The zero-order valence-corrected chi connectivity index (χ0v) is 23.6. The van der Waals surface area contributed by atoms with E-state index < -0.39 is 17.9 Å². The van der Waals surface area contributed by atoms with Crippen LogP contribution in [-0.2, 0) is 59.2 Å². The standard InChI is InChI=1S/C21H24O7S2.C6H10O3/c1-2-18(23)27-11-12-28-19(24)8-9-21(26)30-15-17-6-3-5-16(13-17)14-29-20(25)7-4-10-22;1-3-6(7)9-5-4-8-2/h2-3,5-6,10,13H,1,4,7-9,11-12,14-15H2;3H,1,4-5H2,2H3. The minimum atomic E-state index is -0.593. The number of thioether (sulfide) groups is 2. The normalized spacial score (nSPS) is 9.77. The van der Waals surface area contributed by atoms with E-state index in [0.29, 0.717) is 24.7 Å². The fraction of sp³-hybridized carbons (Fsp3) is 0.407. The number of esters is 3. The lowest BCUT2D eigenvalue weighted by Gasteiger charge is -2.06. The van der Waals surface area contributed by atoms with Crippen LogP contribution in [0.1, 0.15) is 36.8 Å². The summed E-state index contributed by atoms with van der Waals surface area (Å²) in [5.74, 6) is -0.560. The zero-order valence-electron chi connectivity index (χ0n) is 21.9. The monoisotopic (exact) mass is 582 g/mol. The molecule has 0 aliphatic heterocycles. The molecule has 0 heterocycles. The van der Waals surface area contributed by atoms with Crippen molar-refractivity contribution in [3.63, 3.8) is 0 Å². The van der Waals surface area contributed by atoms with Crippen LogP contribution in [0.3, 0.4) is 0 Å². The van der Waals surface area contributed by atoms with Crippen LogP contribution in [0.15, 0.2) is 49.6 Å². The third kappa shape index (κ3) is 21.4. The van der Waals surface area contributed by atoms with Crippen LogP contribution in [0, 0.1) is 0 Å². The molecule has 10 nitrogen and oxygen atoms in total. The Balaban J connectivity index is 0.00000137. The summed E-state index contributed by atoms with van der Waals surface area (Å²) >= 11 is 2.28. The number of ether oxygens (including phenoxy) is 4. The maximum absolute atomic E-state index is 12.0. The first-order chi connectivity index (χ1) is 18.7. The summed E-state index contributed by atoms with van der Waals surface area (Å²) in [4.78, 5) is 66.6. The van der Waals surface area contributed by atoms with Gasteiger partial charge in [0.1, 0.15) is 26.1 Å². The van der Waals surface area contributed by atoms with Gasteiger partial charge in [-0.2, -0.15) is 0 Å². The molecule has 0 aliphatic carbocycles. The van der Waals surface area contributed by atoms with Crippen molar-refractivity contribution in [2.45, 2.75) is 37.2 Å². The van der Waals surface area contributed by atoms with Gasteiger partial charge in [0.15, 0.2) is 10.2 Å². The summed E-state index contributed by atoms with van der Waals surface area (Å²) in [6.07, 6.45) is 3.35. The number of methoxy groups -OCH3 is 1. The number of rotatable bonds is 18. The number of hydrogen-bond donors (Lipinski definition) is 0. The molecule has 39 heavy (non-hydrogen) atoms. The molecule has 1 rings (SSSR count). The molecule has 214 valence electrons. The summed E-state index contributed by atoms with van der Waals surface area (Å²) in [5.41, 5.74) is 1.91. The third-order valence-electron chi connectivity index (χ3n) is 4.25. The van der Waals surface area contributed by atoms with Crippen molar-refractivity contribution in [3.8, 4) is 0 Å². The van der Waals surface area contributed by atoms with Crippen LogP contribution in [0.2, 0.25) is 0 Å². The van der Waals surface area contributed by atoms with Crippen molar-refractivity contribution in [2.24, 2.45) is 0 Å². The highest BCUT2D eigenvalue weighted by Gasteiger charge is 2.10. The molecule has 0 saturated heterocycles. The van der Waals surface area contributed by atoms with E-state index in [0.717, 1.165) is 41.3 Å². The number of benzene rings is 1. The van der Waals surface area contributed by atoms with E-state index in [1.165, 1.54) is 11.8 Å². The average Bonchev–Trinajstić information content (AvgIpc) is 2.95. The lowest BCUT2D eigenvalue weighted by molar-refractivity contribution is -0.150. The Bertz CT molecular complexity index is 962. The molecule has 12 heteroatoms. The van der Waals surface area contributed by atoms with E-state index in [1.807, 2.05) is 24.3 Å². The van der Waals surface area contributed by atoms with Crippen LogP contribution < -0.4 is 0 Å². The molecule has 0 N–H and O–H groups in total. The summed E-state index contributed by atoms with van der Waals surface area (Å²) in [6.45, 7) is 7.07. The Morgan fingerprint density at radius 2 is 1.28 bits per heavy atom. The van der Waals surface area contributed by atoms with Gasteiger partial charge in [-0.05, 0) is 11.1 Å². The van der Waals surface area contributed by atoms with Crippen molar-refractivity contribution in [1.29, 1.82) is 0 Å². The Labute approximate surface area is 236 Å². The maximum atomic E-state index is 12.0. The Kier molecular flexibility index (Phi) is 21.9. The SMILES string of the molecule is C=CC(=O)OCCOC.C=CC(=O)OCCOC(=O)CCC(=O)SCc1cccc(CSC(=O)CCC=O)c1. The van der Waals surface area contributed by atoms with E-state index in [-0.39, 0.29) is 49.1 Å². The maximum Gasteiger partial charge on any atom is 0.330 e. The van der Waals surface area contributed by atoms with Crippen LogP contribution in [0.5, 0.6) is 0 Å². The van der Waals surface area contributed by atoms with Gasteiger partial charge in [0, 0.05) is 50.0 Å². The highest BCUT2D eigenvalue weighted by atomic mass is 32.2. The first-order valence-electron chi connectivity index (χ1n) is 11.8. The molecule has 0 bridgehead atoms. The van der Waals surface area contributed by atoms with Crippen molar-refractivity contribution < 1.29 is 47.7 Å². The number of aldehydes is 1. The first-order valence-corrected chi connectivity index (χ1v) is 13.8. The molecule has 0 spiro atoms. The predicted octanol–water partition coefficient (Wildman–Crippen LogP) is 3.60. The summed E-state index contributed by atoms with van der Waals surface area (Å²) < 4.78 is 18.7. The van der Waals surface area contributed by atoms with Crippen molar-refractivity contribution in [2.75, 3.05) is 33.5 Å². The number of carbonyl (C=O) groups excluding carboxylic acids is 6. The lowest BCUT2D eigenvalue weighted by Crippen LogP contribution is -2.13. The molecule has 0 amide bonds. The minimum absolute atomic E-state index is 0.0252. The lowest BCUT2D eigenvalue weighted by atomic mass is 10.2. The van der Waals surface area contributed by atoms with E-state index >= 15 is 0 Å². The van der Waals surface area contributed by atoms with E-state index in [2.05, 4.69) is 27.4 Å². The van der Waals surface area contributed by atoms with Crippen LogP contribution in [0.4, 0.5) is 0 Å². The summed E-state index contributed by atoms with van der Waals surface area (Å²) in [6, 6.07) is 7.58. The van der Waals surface area contributed by atoms with Crippen molar-refractivity contribution in [1.82, 2.24) is 0 Å². The molecule has 0 unspecified atom stereocenters. The second-order valence-electron chi connectivity index (χ2n) is 7.30. The third-order valence-corrected chi connectivity index (χ3v) is 6.25. The first kappa shape index (κ1) is 35.8. The fourth-order valence-electron chi connectivity index (χ4n) is 2.38. The zero-order chi connectivity index (χ0) is 29.3. The largest absolute Gasteiger partial charge is 0.462 e. The molecular formula is C27H34O10S2. The van der Waals surface area contributed by atoms with Gasteiger partial charge < -0.3 is 23.7 Å². The topological polar surface area (TPSA) is 139 Å². The van der Waals surface area contributed by atoms with E-state index in [4.69, 9.17) is 4.74 Å². The van der Waals surface area contributed by atoms with Gasteiger partial charge in [0.25, 0.3) is 0 Å². The summed E-state index contributed by atoms with van der Waals surface area (Å²) in [7, 11) is 1.54. The molecule has 0 aliphatic rings. The second kappa shape index (κ2) is 23.9. The summed E-state index contributed by atoms with van der Waals surface area (Å²) in [5, 5.41) is -0.156. The second-order valence-corrected chi connectivity index (χ2v) is 9.37. The number of carbonyl (C=O) groups is 6. The van der Waals surface area contributed by atoms with Gasteiger partial charge in [-0.1, -0.05) is 60.9 Å². The van der Waals surface area contributed by atoms with Crippen molar-refractivity contribution >= 4 is 57.9 Å². The van der Waals surface area contributed by atoms with Crippen LogP contribution >= 0.6 is 23.5 Å².